The van der Waals surface area contributed by atoms with Crippen LogP contribution >= 0.6 is 22.9 Å². The van der Waals surface area contributed by atoms with Crippen LogP contribution in [0, 0.1) is 0 Å². The maximum absolute atomic E-state index is 13.8. The van der Waals surface area contributed by atoms with Gasteiger partial charge in [0.15, 0.2) is 23.0 Å². The summed E-state index contributed by atoms with van der Waals surface area (Å²) in [6, 6.07) is 12.6. The maximum atomic E-state index is 13.8. The minimum absolute atomic E-state index is 0.0259. The van der Waals surface area contributed by atoms with Crippen LogP contribution in [0.1, 0.15) is 27.0 Å². The SMILES string of the molecule is COc1cc(C2C(C(=O)c3cc4cc(Cl)ccc4o3)=C(O)C(=O)N2Cc2cccs2)cc(OC)c1OC. The molecule has 1 N–H and O–H groups in total. The van der Waals surface area contributed by atoms with Gasteiger partial charge in [-0.15, -0.1) is 11.3 Å². The highest BCUT2D eigenvalue weighted by Crippen LogP contribution is 2.46. The lowest BCUT2D eigenvalue weighted by Crippen LogP contribution is -2.30. The van der Waals surface area contributed by atoms with E-state index in [1.807, 2.05) is 17.5 Å². The number of Topliss-reactive ketones (excluding diaryl/α,β-unsaturated/α-hetero) is 1. The number of benzene rings is 2. The number of carbonyl (C=O) groups excluding carboxylic acids is 2. The van der Waals surface area contributed by atoms with Gasteiger partial charge in [-0.2, -0.15) is 0 Å². The molecule has 1 amide bonds. The van der Waals surface area contributed by atoms with Gasteiger partial charge in [0.2, 0.25) is 11.5 Å². The number of methoxy groups -OCH3 is 3. The fourth-order valence-electron chi connectivity index (χ4n) is 4.48. The molecule has 0 aliphatic carbocycles. The van der Waals surface area contributed by atoms with E-state index in [2.05, 4.69) is 0 Å². The number of rotatable bonds is 8. The normalized spacial score (nSPS) is 15.5. The molecule has 1 aliphatic rings. The molecule has 10 heteroatoms. The van der Waals surface area contributed by atoms with Gasteiger partial charge >= 0.3 is 0 Å². The Bertz CT molecular complexity index is 1510. The molecule has 2 aromatic carbocycles. The summed E-state index contributed by atoms with van der Waals surface area (Å²) >= 11 is 7.55. The molecule has 0 spiro atoms. The summed E-state index contributed by atoms with van der Waals surface area (Å²) in [5.74, 6) is -0.909. The minimum atomic E-state index is -0.951. The zero-order chi connectivity index (χ0) is 26.3. The van der Waals surface area contributed by atoms with E-state index in [0.29, 0.717) is 38.8 Å². The van der Waals surface area contributed by atoms with E-state index in [4.69, 9.17) is 30.2 Å². The first-order valence-corrected chi connectivity index (χ1v) is 12.4. The maximum Gasteiger partial charge on any atom is 0.290 e. The van der Waals surface area contributed by atoms with Gasteiger partial charge in [-0.05, 0) is 53.4 Å². The van der Waals surface area contributed by atoms with E-state index in [9.17, 15) is 14.7 Å². The average Bonchev–Trinajstić information content (AvgIpc) is 3.62. The lowest BCUT2D eigenvalue weighted by Gasteiger charge is -2.27. The first kappa shape index (κ1) is 24.7. The van der Waals surface area contributed by atoms with Gasteiger partial charge in [-0.25, -0.2) is 0 Å². The molecule has 1 aliphatic heterocycles. The first-order valence-electron chi connectivity index (χ1n) is 11.2. The topological polar surface area (TPSA) is 98.4 Å². The number of ketones is 1. The summed E-state index contributed by atoms with van der Waals surface area (Å²) in [6.07, 6.45) is 0. The summed E-state index contributed by atoms with van der Waals surface area (Å²) in [5.41, 5.74) is 0.837. The van der Waals surface area contributed by atoms with E-state index in [1.54, 1.807) is 36.4 Å². The van der Waals surface area contributed by atoms with Crippen molar-refractivity contribution in [1.29, 1.82) is 0 Å². The van der Waals surface area contributed by atoms with Gasteiger partial charge < -0.3 is 28.6 Å². The number of carbonyl (C=O) groups is 2. The number of furan rings is 1. The van der Waals surface area contributed by atoms with Crippen LogP contribution in [0.3, 0.4) is 0 Å². The fraction of sp³-hybridized carbons (Fsp3) is 0.185. The number of halogens is 1. The molecular formula is C27H22ClNO7S. The zero-order valence-electron chi connectivity index (χ0n) is 20.1. The van der Waals surface area contributed by atoms with E-state index in [1.165, 1.54) is 37.6 Å². The van der Waals surface area contributed by atoms with Crippen molar-refractivity contribution in [2.75, 3.05) is 21.3 Å². The standard InChI is InChI=1S/C27H22ClNO7S/c1-33-20-11-15(12-21(34-2)26(20)35-3)23-22(25(31)27(32)29(23)13-17-5-4-8-37-17)24(30)19-10-14-9-16(28)6-7-18(14)36-19/h4-12,23,31H,13H2,1-3H3. The van der Waals surface area contributed by atoms with Crippen molar-refractivity contribution in [2.24, 2.45) is 0 Å². The van der Waals surface area contributed by atoms with Gasteiger partial charge in [-0.1, -0.05) is 17.7 Å². The highest BCUT2D eigenvalue weighted by Gasteiger charge is 2.45. The highest BCUT2D eigenvalue weighted by molar-refractivity contribution is 7.09. The van der Waals surface area contributed by atoms with Gasteiger partial charge in [0.05, 0.1) is 39.5 Å². The summed E-state index contributed by atoms with van der Waals surface area (Å²) in [7, 11) is 4.43. The number of hydrogen-bond donors (Lipinski definition) is 1. The van der Waals surface area contributed by atoms with E-state index >= 15 is 0 Å². The van der Waals surface area contributed by atoms with Crippen molar-refractivity contribution in [1.82, 2.24) is 4.90 Å². The molecule has 8 nitrogen and oxygen atoms in total. The predicted octanol–water partition coefficient (Wildman–Crippen LogP) is 5.95. The Kier molecular flexibility index (Phi) is 6.57. The Morgan fingerprint density at radius 2 is 1.81 bits per heavy atom. The third kappa shape index (κ3) is 4.30. The quantitative estimate of drug-likeness (QED) is 0.276. The molecule has 5 rings (SSSR count). The van der Waals surface area contributed by atoms with Crippen molar-refractivity contribution in [3.05, 3.63) is 86.5 Å². The largest absolute Gasteiger partial charge is 0.503 e. The van der Waals surface area contributed by atoms with Crippen LogP contribution in [-0.2, 0) is 11.3 Å². The van der Waals surface area contributed by atoms with Crippen LogP contribution in [0.5, 0.6) is 17.2 Å². The number of amides is 1. The molecule has 0 saturated heterocycles. The molecule has 4 aromatic rings. The van der Waals surface area contributed by atoms with Gasteiger partial charge in [0.1, 0.15) is 5.58 Å². The molecule has 1 atom stereocenters. The summed E-state index contributed by atoms with van der Waals surface area (Å²) in [4.78, 5) is 29.5. The summed E-state index contributed by atoms with van der Waals surface area (Å²) in [6.45, 7) is 0.175. The second kappa shape index (κ2) is 9.84. The Hall–Kier alpha value is -3.95. The van der Waals surface area contributed by atoms with Crippen molar-refractivity contribution in [3.63, 3.8) is 0 Å². The van der Waals surface area contributed by atoms with E-state index < -0.39 is 23.5 Å². The minimum Gasteiger partial charge on any atom is -0.503 e. The van der Waals surface area contributed by atoms with Crippen LogP contribution < -0.4 is 14.2 Å². The second-order valence-electron chi connectivity index (χ2n) is 8.26. The monoisotopic (exact) mass is 539 g/mol. The van der Waals surface area contributed by atoms with Crippen molar-refractivity contribution in [3.8, 4) is 17.2 Å². The molecule has 0 fully saturated rings. The molecule has 0 bridgehead atoms. The molecule has 0 saturated carbocycles. The van der Waals surface area contributed by atoms with Crippen molar-refractivity contribution >= 4 is 45.6 Å². The number of aliphatic hydroxyl groups is 1. The van der Waals surface area contributed by atoms with E-state index in [-0.39, 0.29) is 17.9 Å². The number of ether oxygens (including phenoxy) is 3. The molecule has 190 valence electrons. The Labute approximate surface area is 221 Å². The number of nitrogens with zero attached hydrogens (tertiary/aromatic N) is 1. The van der Waals surface area contributed by atoms with Crippen LogP contribution in [0.2, 0.25) is 5.02 Å². The van der Waals surface area contributed by atoms with Crippen molar-refractivity contribution in [2.45, 2.75) is 12.6 Å². The highest BCUT2D eigenvalue weighted by atomic mass is 35.5. The van der Waals surface area contributed by atoms with E-state index in [0.717, 1.165) is 4.88 Å². The van der Waals surface area contributed by atoms with Crippen LogP contribution in [-0.4, -0.2) is 43.0 Å². The predicted molar refractivity (Wildman–Crippen MR) is 139 cm³/mol. The lowest BCUT2D eigenvalue weighted by molar-refractivity contribution is -0.130. The van der Waals surface area contributed by atoms with Crippen LogP contribution in [0.15, 0.2) is 69.7 Å². The lowest BCUT2D eigenvalue weighted by atomic mass is 9.94. The Morgan fingerprint density at radius 1 is 1.08 bits per heavy atom. The first-order chi connectivity index (χ1) is 17.9. The Balaban J connectivity index is 1.66. The van der Waals surface area contributed by atoms with Gasteiger partial charge in [-0.3, -0.25) is 9.59 Å². The Morgan fingerprint density at radius 3 is 2.43 bits per heavy atom. The third-order valence-corrected chi connectivity index (χ3v) is 7.26. The summed E-state index contributed by atoms with van der Waals surface area (Å²) < 4.78 is 22.2. The molecule has 3 heterocycles. The second-order valence-corrected chi connectivity index (χ2v) is 9.73. The zero-order valence-corrected chi connectivity index (χ0v) is 21.7. The molecular weight excluding hydrogens is 518 g/mol. The number of thiophene rings is 1. The van der Waals surface area contributed by atoms with Crippen LogP contribution in [0.25, 0.3) is 11.0 Å². The average molecular weight is 540 g/mol. The van der Waals surface area contributed by atoms with Crippen molar-refractivity contribution < 1.29 is 33.3 Å². The molecule has 1 unspecified atom stereocenters. The van der Waals surface area contributed by atoms with Crippen LogP contribution in [0.4, 0.5) is 0 Å². The summed E-state index contributed by atoms with van der Waals surface area (Å²) in [5, 5.41) is 14.0. The molecule has 0 radical (unpaired) electrons. The molecule has 37 heavy (non-hydrogen) atoms. The number of fused-ring (bicyclic) bond motifs is 1. The fourth-order valence-corrected chi connectivity index (χ4v) is 5.37. The van der Waals surface area contributed by atoms with Gasteiger partial charge in [0, 0.05) is 15.3 Å². The van der Waals surface area contributed by atoms with Gasteiger partial charge in [0.25, 0.3) is 5.91 Å². The smallest absolute Gasteiger partial charge is 0.290 e. The number of aliphatic hydroxyl groups excluding tert-OH is 1. The third-order valence-electron chi connectivity index (χ3n) is 6.16. The number of hydrogen-bond acceptors (Lipinski definition) is 8. The molecule has 2 aromatic heterocycles.